The first kappa shape index (κ1) is 15.8. The summed E-state index contributed by atoms with van der Waals surface area (Å²) in [6, 6.07) is 13.3. The van der Waals surface area contributed by atoms with Crippen molar-refractivity contribution in [3.63, 3.8) is 0 Å². The zero-order valence-corrected chi connectivity index (χ0v) is 14.0. The zero-order chi connectivity index (χ0) is 17.9. The number of hydrogen-bond donors (Lipinski definition) is 2. The molecule has 8 heteroatoms. The summed E-state index contributed by atoms with van der Waals surface area (Å²) in [7, 11) is 1.57. The van der Waals surface area contributed by atoms with Crippen molar-refractivity contribution < 1.29 is 4.74 Å². The number of para-hydroxylation sites is 1. The summed E-state index contributed by atoms with van der Waals surface area (Å²) in [6.45, 7) is 0.408. The first-order chi connectivity index (χ1) is 12.8. The maximum absolute atomic E-state index is 12.4. The minimum absolute atomic E-state index is 0.252. The third-order valence-electron chi connectivity index (χ3n) is 3.93. The summed E-state index contributed by atoms with van der Waals surface area (Å²) in [6.07, 6.45) is 3.18. The second kappa shape index (κ2) is 6.67. The molecule has 130 valence electrons. The molecule has 26 heavy (non-hydrogen) atoms. The predicted molar refractivity (Wildman–Crippen MR) is 97.6 cm³/mol. The van der Waals surface area contributed by atoms with Gasteiger partial charge in [-0.1, -0.05) is 24.3 Å². The zero-order valence-electron chi connectivity index (χ0n) is 14.0. The molecule has 0 radical (unpaired) electrons. The van der Waals surface area contributed by atoms with Crippen molar-refractivity contribution in [2.24, 2.45) is 0 Å². The van der Waals surface area contributed by atoms with Crippen LogP contribution in [-0.2, 0) is 6.54 Å². The summed E-state index contributed by atoms with van der Waals surface area (Å²) in [4.78, 5) is 23.8. The van der Waals surface area contributed by atoms with E-state index in [1.807, 2.05) is 42.5 Å². The monoisotopic (exact) mass is 348 g/mol. The van der Waals surface area contributed by atoms with Gasteiger partial charge in [0, 0.05) is 18.3 Å². The Morgan fingerprint density at radius 1 is 1.19 bits per heavy atom. The lowest BCUT2D eigenvalue weighted by Gasteiger charge is -2.09. The van der Waals surface area contributed by atoms with E-state index in [0.29, 0.717) is 29.4 Å². The lowest BCUT2D eigenvalue weighted by Crippen LogP contribution is -2.14. The summed E-state index contributed by atoms with van der Waals surface area (Å²) in [5.41, 5.74) is 1.92. The quantitative estimate of drug-likeness (QED) is 0.573. The van der Waals surface area contributed by atoms with E-state index < -0.39 is 0 Å². The third-order valence-corrected chi connectivity index (χ3v) is 3.93. The molecule has 3 heterocycles. The number of anilines is 1. The van der Waals surface area contributed by atoms with E-state index in [1.165, 1.54) is 6.20 Å². The number of H-pyrrole nitrogens is 1. The number of ether oxygens (including phenoxy) is 1. The highest BCUT2D eigenvalue weighted by atomic mass is 16.5. The van der Waals surface area contributed by atoms with Gasteiger partial charge in [-0.15, -0.1) is 0 Å². The van der Waals surface area contributed by atoms with E-state index in [1.54, 1.807) is 18.0 Å². The average Bonchev–Trinajstić information content (AvgIpc) is 3.12. The van der Waals surface area contributed by atoms with Crippen molar-refractivity contribution >= 4 is 17.0 Å². The molecule has 0 saturated heterocycles. The SMILES string of the molecule is COc1ncccc1CNc1nc2c(cnn2-c2ccccc2)c(=O)[nH]1. The van der Waals surface area contributed by atoms with Crippen molar-refractivity contribution in [2.45, 2.75) is 6.54 Å². The first-order valence-corrected chi connectivity index (χ1v) is 8.01. The van der Waals surface area contributed by atoms with Gasteiger partial charge in [0.25, 0.3) is 5.56 Å². The molecule has 0 aliphatic carbocycles. The van der Waals surface area contributed by atoms with Crippen LogP contribution < -0.4 is 15.6 Å². The van der Waals surface area contributed by atoms with Crippen molar-refractivity contribution in [2.75, 3.05) is 12.4 Å². The number of benzene rings is 1. The van der Waals surface area contributed by atoms with Gasteiger partial charge >= 0.3 is 0 Å². The molecule has 8 nitrogen and oxygen atoms in total. The molecule has 3 aromatic heterocycles. The van der Waals surface area contributed by atoms with Crippen molar-refractivity contribution in [3.8, 4) is 11.6 Å². The van der Waals surface area contributed by atoms with Crippen LogP contribution in [0.2, 0.25) is 0 Å². The number of nitrogens with zero attached hydrogens (tertiary/aromatic N) is 4. The Morgan fingerprint density at radius 2 is 2.04 bits per heavy atom. The van der Waals surface area contributed by atoms with E-state index in [0.717, 1.165) is 11.3 Å². The number of hydrogen-bond acceptors (Lipinski definition) is 6. The second-order valence-electron chi connectivity index (χ2n) is 5.57. The molecule has 0 bridgehead atoms. The molecule has 0 aliphatic heterocycles. The van der Waals surface area contributed by atoms with Crippen LogP contribution in [0.1, 0.15) is 5.56 Å². The van der Waals surface area contributed by atoms with Gasteiger partial charge in [0.2, 0.25) is 11.8 Å². The molecule has 0 fully saturated rings. The maximum Gasteiger partial charge on any atom is 0.263 e. The van der Waals surface area contributed by atoms with Gasteiger partial charge in [0.05, 0.1) is 19.0 Å². The van der Waals surface area contributed by atoms with Gasteiger partial charge in [-0.2, -0.15) is 10.1 Å². The highest BCUT2D eigenvalue weighted by Gasteiger charge is 2.12. The second-order valence-corrected chi connectivity index (χ2v) is 5.57. The molecule has 1 aromatic carbocycles. The largest absolute Gasteiger partial charge is 0.481 e. The van der Waals surface area contributed by atoms with E-state index >= 15 is 0 Å². The summed E-state index contributed by atoms with van der Waals surface area (Å²) < 4.78 is 6.87. The Labute approximate surface area is 148 Å². The molecular weight excluding hydrogens is 332 g/mol. The van der Waals surface area contributed by atoms with E-state index in [9.17, 15) is 4.79 Å². The number of methoxy groups -OCH3 is 1. The van der Waals surface area contributed by atoms with Crippen LogP contribution in [0.4, 0.5) is 5.95 Å². The number of fused-ring (bicyclic) bond motifs is 1. The van der Waals surface area contributed by atoms with E-state index in [-0.39, 0.29) is 5.56 Å². The van der Waals surface area contributed by atoms with Crippen LogP contribution in [0.15, 0.2) is 59.7 Å². The van der Waals surface area contributed by atoms with Gasteiger partial charge < -0.3 is 10.1 Å². The van der Waals surface area contributed by atoms with E-state index in [4.69, 9.17) is 4.74 Å². The molecule has 4 aromatic rings. The molecule has 0 unspecified atom stereocenters. The fourth-order valence-corrected chi connectivity index (χ4v) is 2.68. The Kier molecular flexibility index (Phi) is 4.06. The fourth-order valence-electron chi connectivity index (χ4n) is 2.68. The topological polar surface area (TPSA) is 97.7 Å². The van der Waals surface area contributed by atoms with Crippen LogP contribution in [0.3, 0.4) is 0 Å². The van der Waals surface area contributed by atoms with Crippen LogP contribution in [-0.4, -0.2) is 31.8 Å². The van der Waals surface area contributed by atoms with Crippen molar-refractivity contribution in [1.29, 1.82) is 0 Å². The molecule has 0 spiro atoms. The first-order valence-electron chi connectivity index (χ1n) is 8.01. The molecule has 0 amide bonds. The van der Waals surface area contributed by atoms with E-state index in [2.05, 4.69) is 25.4 Å². The van der Waals surface area contributed by atoms with Gasteiger partial charge in [0.15, 0.2) is 5.65 Å². The number of aromatic amines is 1. The molecule has 0 aliphatic rings. The summed E-state index contributed by atoms with van der Waals surface area (Å²) >= 11 is 0. The van der Waals surface area contributed by atoms with Crippen LogP contribution in [0.25, 0.3) is 16.7 Å². The van der Waals surface area contributed by atoms with Crippen molar-refractivity contribution in [1.82, 2.24) is 24.7 Å². The van der Waals surface area contributed by atoms with Gasteiger partial charge in [-0.25, -0.2) is 9.67 Å². The summed E-state index contributed by atoms with van der Waals surface area (Å²) in [5, 5.41) is 7.83. The highest BCUT2D eigenvalue weighted by Crippen LogP contribution is 2.17. The van der Waals surface area contributed by atoms with Crippen molar-refractivity contribution in [3.05, 3.63) is 70.8 Å². The molecule has 0 atom stereocenters. The smallest absolute Gasteiger partial charge is 0.263 e. The molecular formula is C18H16N6O2. The highest BCUT2D eigenvalue weighted by molar-refractivity contribution is 5.76. The van der Waals surface area contributed by atoms with Crippen LogP contribution in [0.5, 0.6) is 5.88 Å². The average molecular weight is 348 g/mol. The Morgan fingerprint density at radius 3 is 2.85 bits per heavy atom. The maximum atomic E-state index is 12.4. The third kappa shape index (κ3) is 2.88. The summed E-state index contributed by atoms with van der Waals surface area (Å²) in [5.74, 6) is 0.879. The normalized spacial score (nSPS) is 10.8. The van der Waals surface area contributed by atoms with Crippen LogP contribution >= 0.6 is 0 Å². The molecule has 4 rings (SSSR count). The van der Waals surface area contributed by atoms with Gasteiger partial charge in [-0.05, 0) is 18.2 Å². The van der Waals surface area contributed by atoms with Gasteiger partial charge in [-0.3, -0.25) is 9.78 Å². The Hall–Kier alpha value is -3.68. The number of pyridine rings is 1. The minimum Gasteiger partial charge on any atom is -0.481 e. The predicted octanol–water partition coefficient (Wildman–Crippen LogP) is 2.12. The molecule has 0 saturated carbocycles. The minimum atomic E-state index is -0.252. The lowest BCUT2D eigenvalue weighted by molar-refractivity contribution is 0.393. The Bertz CT molecular complexity index is 1100. The molecule has 2 N–H and O–H groups in total. The number of aromatic nitrogens is 5. The fraction of sp³-hybridized carbons (Fsp3) is 0.111. The van der Waals surface area contributed by atoms with Gasteiger partial charge in [0.1, 0.15) is 5.39 Å². The number of rotatable bonds is 5. The lowest BCUT2D eigenvalue weighted by atomic mass is 10.3. The standard InChI is InChI=1S/C18H16N6O2/c1-26-17-12(6-5-9-19-17)10-20-18-22-15-14(16(25)23-18)11-21-24(15)13-7-3-2-4-8-13/h2-9,11H,10H2,1H3,(H2,20,22,23,25). The number of nitrogens with one attached hydrogen (secondary N) is 2. The van der Waals surface area contributed by atoms with Crippen LogP contribution in [0, 0.1) is 0 Å². The Balaban J connectivity index is 1.69.